The summed E-state index contributed by atoms with van der Waals surface area (Å²) in [4.78, 5) is 0. The molecule has 0 spiro atoms. The zero-order chi connectivity index (χ0) is 9.86. The molecule has 0 atom stereocenters. The van der Waals surface area contributed by atoms with Gasteiger partial charge in [-0.1, -0.05) is 11.6 Å². The predicted molar refractivity (Wildman–Crippen MR) is 56.7 cm³/mol. The minimum atomic E-state index is -0.105. The lowest BCUT2D eigenvalue weighted by Crippen LogP contribution is -2.37. The predicted octanol–water partition coefficient (Wildman–Crippen LogP) is 2.38. The third-order valence-electron chi connectivity index (χ3n) is 3.58. The van der Waals surface area contributed by atoms with Crippen LogP contribution in [0, 0.1) is 16.7 Å². The topological polar surface area (TPSA) is 35.8 Å². The molecule has 1 aliphatic heterocycles. The fourth-order valence-electron chi connectivity index (χ4n) is 2.63. The number of rotatable bonds is 1. The second-order valence-corrected chi connectivity index (χ2v) is 4.42. The molecule has 1 saturated heterocycles. The second-order valence-electron chi connectivity index (χ2n) is 4.42. The van der Waals surface area contributed by atoms with Gasteiger partial charge in [-0.15, -0.1) is 0 Å². The van der Waals surface area contributed by atoms with Gasteiger partial charge in [0.2, 0.25) is 0 Å². The van der Waals surface area contributed by atoms with E-state index >= 15 is 0 Å². The first kappa shape index (κ1) is 9.73. The minimum absolute atomic E-state index is 0.105. The van der Waals surface area contributed by atoms with Crippen molar-refractivity contribution in [3.8, 4) is 6.07 Å². The van der Waals surface area contributed by atoms with Gasteiger partial charge in [-0.05, 0) is 51.6 Å². The lowest BCUT2D eigenvalue weighted by Gasteiger charge is -2.35. The molecule has 2 rings (SSSR count). The lowest BCUT2D eigenvalue weighted by atomic mass is 9.71. The normalized spacial score (nSPS) is 26.4. The highest BCUT2D eigenvalue weighted by Crippen LogP contribution is 2.40. The van der Waals surface area contributed by atoms with Crippen LogP contribution < -0.4 is 5.32 Å². The molecule has 2 nitrogen and oxygen atoms in total. The van der Waals surface area contributed by atoms with Gasteiger partial charge in [0.05, 0.1) is 11.5 Å². The smallest absolute Gasteiger partial charge is 0.0806 e. The number of nitrogens with one attached hydrogen (secondary N) is 1. The molecule has 76 valence electrons. The first-order chi connectivity index (χ1) is 6.87. The Morgan fingerprint density at radius 3 is 2.64 bits per heavy atom. The molecule has 0 amide bonds. The van der Waals surface area contributed by atoms with Gasteiger partial charge in [0.15, 0.2) is 0 Å². The molecule has 1 aliphatic carbocycles. The Kier molecular flexibility index (Phi) is 2.88. The number of piperidine rings is 1. The van der Waals surface area contributed by atoms with Crippen LogP contribution in [0.25, 0.3) is 0 Å². The third kappa shape index (κ3) is 1.69. The summed E-state index contributed by atoms with van der Waals surface area (Å²) in [6.45, 7) is 2.01. The van der Waals surface area contributed by atoms with Crippen molar-refractivity contribution >= 4 is 0 Å². The van der Waals surface area contributed by atoms with Crippen LogP contribution in [-0.2, 0) is 0 Å². The van der Waals surface area contributed by atoms with Crippen LogP contribution in [0.2, 0.25) is 0 Å². The Bertz CT molecular complexity index is 267. The van der Waals surface area contributed by atoms with E-state index in [9.17, 15) is 5.26 Å². The quantitative estimate of drug-likeness (QED) is 0.644. The van der Waals surface area contributed by atoms with E-state index in [4.69, 9.17) is 0 Å². The van der Waals surface area contributed by atoms with Crippen LogP contribution in [-0.4, -0.2) is 13.1 Å². The van der Waals surface area contributed by atoms with E-state index in [1.54, 1.807) is 0 Å². The summed E-state index contributed by atoms with van der Waals surface area (Å²) in [7, 11) is 0. The van der Waals surface area contributed by atoms with Crippen molar-refractivity contribution in [2.45, 2.75) is 38.5 Å². The van der Waals surface area contributed by atoms with Crippen molar-refractivity contribution in [1.82, 2.24) is 5.32 Å². The molecule has 14 heavy (non-hydrogen) atoms. The van der Waals surface area contributed by atoms with Gasteiger partial charge >= 0.3 is 0 Å². The van der Waals surface area contributed by atoms with Gasteiger partial charge in [0.25, 0.3) is 0 Å². The number of nitrogens with zero attached hydrogens (tertiary/aromatic N) is 1. The molecule has 2 heteroatoms. The van der Waals surface area contributed by atoms with Crippen molar-refractivity contribution in [3.05, 3.63) is 11.6 Å². The molecule has 0 aromatic carbocycles. The SMILES string of the molecule is N#CC1(C2=CCCCC2)CCNCC1. The molecule has 1 N–H and O–H groups in total. The highest BCUT2D eigenvalue weighted by Gasteiger charge is 2.35. The Morgan fingerprint density at radius 2 is 2.07 bits per heavy atom. The number of hydrogen-bond donors (Lipinski definition) is 1. The van der Waals surface area contributed by atoms with Crippen LogP contribution in [0.4, 0.5) is 0 Å². The molecule has 0 bridgehead atoms. The molecule has 1 heterocycles. The summed E-state index contributed by atoms with van der Waals surface area (Å²) in [6.07, 6.45) is 9.29. The fourth-order valence-corrected chi connectivity index (χ4v) is 2.63. The zero-order valence-corrected chi connectivity index (χ0v) is 8.68. The minimum Gasteiger partial charge on any atom is -0.317 e. The highest BCUT2D eigenvalue weighted by atomic mass is 14.9. The van der Waals surface area contributed by atoms with Crippen LogP contribution in [0.5, 0.6) is 0 Å². The molecule has 1 fully saturated rings. The fraction of sp³-hybridized carbons (Fsp3) is 0.750. The van der Waals surface area contributed by atoms with Gasteiger partial charge in [-0.3, -0.25) is 0 Å². The highest BCUT2D eigenvalue weighted by molar-refractivity contribution is 5.26. The molecule has 2 aliphatic rings. The standard InChI is InChI=1S/C12H18N2/c13-10-12(6-8-14-9-7-12)11-4-2-1-3-5-11/h4,14H,1-3,5-9H2. The van der Waals surface area contributed by atoms with Crippen LogP contribution in [0.3, 0.4) is 0 Å². The maximum absolute atomic E-state index is 9.38. The summed E-state index contributed by atoms with van der Waals surface area (Å²) >= 11 is 0. The molecular weight excluding hydrogens is 172 g/mol. The first-order valence-corrected chi connectivity index (χ1v) is 5.69. The molecular formula is C12H18N2. The van der Waals surface area contributed by atoms with E-state index in [1.807, 2.05) is 0 Å². The molecule has 0 saturated carbocycles. The second kappa shape index (κ2) is 4.14. The van der Waals surface area contributed by atoms with E-state index in [-0.39, 0.29) is 5.41 Å². The van der Waals surface area contributed by atoms with Crippen molar-refractivity contribution in [2.24, 2.45) is 5.41 Å². The average Bonchev–Trinajstić information content (AvgIpc) is 2.31. The van der Waals surface area contributed by atoms with E-state index in [0.29, 0.717) is 0 Å². The zero-order valence-electron chi connectivity index (χ0n) is 8.68. The van der Waals surface area contributed by atoms with Crippen LogP contribution in [0.15, 0.2) is 11.6 Å². The van der Waals surface area contributed by atoms with Gasteiger partial charge in [-0.2, -0.15) is 5.26 Å². The van der Waals surface area contributed by atoms with E-state index in [0.717, 1.165) is 32.4 Å². The van der Waals surface area contributed by atoms with E-state index in [2.05, 4.69) is 17.5 Å². The maximum atomic E-state index is 9.38. The molecule has 0 radical (unpaired) electrons. The monoisotopic (exact) mass is 190 g/mol. The lowest BCUT2D eigenvalue weighted by molar-refractivity contribution is 0.319. The van der Waals surface area contributed by atoms with Crippen molar-refractivity contribution < 1.29 is 0 Å². The Labute approximate surface area is 86.0 Å². The van der Waals surface area contributed by atoms with Gasteiger partial charge in [0.1, 0.15) is 0 Å². The molecule has 0 aromatic heterocycles. The van der Waals surface area contributed by atoms with Crippen molar-refractivity contribution in [2.75, 3.05) is 13.1 Å². The summed E-state index contributed by atoms with van der Waals surface area (Å²) in [5, 5.41) is 12.7. The molecule has 0 aromatic rings. The summed E-state index contributed by atoms with van der Waals surface area (Å²) in [5.41, 5.74) is 1.33. The summed E-state index contributed by atoms with van der Waals surface area (Å²) in [5.74, 6) is 0. The Hall–Kier alpha value is -0.810. The van der Waals surface area contributed by atoms with E-state index < -0.39 is 0 Å². The third-order valence-corrected chi connectivity index (χ3v) is 3.58. The van der Waals surface area contributed by atoms with Crippen LogP contribution in [0.1, 0.15) is 38.5 Å². The maximum Gasteiger partial charge on any atom is 0.0806 e. The van der Waals surface area contributed by atoms with Gasteiger partial charge in [-0.25, -0.2) is 0 Å². The van der Waals surface area contributed by atoms with Crippen molar-refractivity contribution in [3.63, 3.8) is 0 Å². The number of nitriles is 1. The number of allylic oxidation sites excluding steroid dienone is 2. The molecule has 0 unspecified atom stereocenters. The van der Waals surface area contributed by atoms with Crippen molar-refractivity contribution in [1.29, 1.82) is 5.26 Å². The van der Waals surface area contributed by atoms with Crippen LogP contribution >= 0.6 is 0 Å². The Balaban J connectivity index is 2.18. The summed E-state index contributed by atoms with van der Waals surface area (Å²) in [6, 6.07) is 2.58. The number of hydrogen-bond acceptors (Lipinski definition) is 2. The average molecular weight is 190 g/mol. The van der Waals surface area contributed by atoms with Gasteiger partial charge in [0, 0.05) is 0 Å². The first-order valence-electron chi connectivity index (χ1n) is 5.69. The van der Waals surface area contributed by atoms with E-state index in [1.165, 1.54) is 24.8 Å². The summed E-state index contributed by atoms with van der Waals surface area (Å²) < 4.78 is 0. The van der Waals surface area contributed by atoms with Gasteiger partial charge < -0.3 is 5.32 Å². The largest absolute Gasteiger partial charge is 0.317 e. The Morgan fingerprint density at radius 1 is 1.29 bits per heavy atom.